The number of hydrogen-bond acceptors (Lipinski definition) is 7. The van der Waals surface area contributed by atoms with Crippen molar-refractivity contribution in [3.8, 4) is 22.5 Å². The third-order valence-corrected chi connectivity index (χ3v) is 6.40. The summed E-state index contributed by atoms with van der Waals surface area (Å²) in [5.74, 6) is 1.15. The molecule has 0 aliphatic carbocycles. The third-order valence-electron chi connectivity index (χ3n) is 6.40. The number of hydrogen-bond donors (Lipinski definition) is 1. The quantitative estimate of drug-likeness (QED) is 0.206. The molecule has 9 nitrogen and oxygen atoms in total. The summed E-state index contributed by atoms with van der Waals surface area (Å²) in [6.45, 7) is 14.8. The summed E-state index contributed by atoms with van der Waals surface area (Å²) in [4.78, 5) is 5.04. The first-order valence-electron chi connectivity index (χ1n) is 13.9. The number of tetrazole rings is 1. The molecule has 2 aromatic heterocycles. The number of nitrogens with one attached hydrogen (secondary N) is 1. The van der Waals surface area contributed by atoms with Gasteiger partial charge in [-0.1, -0.05) is 90.1 Å². The second-order valence-corrected chi connectivity index (χ2v) is 11.0. The molecule has 0 atom stereocenters. The molecule has 1 N–H and O–H groups in total. The lowest BCUT2D eigenvalue weighted by Crippen LogP contribution is -2.35. The fourth-order valence-electron chi connectivity index (χ4n) is 4.50. The fourth-order valence-corrected chi connectivity index (χ4v) is 4.50. The molecule has 0 unspecified atom stereocenters. The van der Waals surface area contributed by atoms with Crippen LogP contribution in [-0.4, -0.2) is 48.6 Å². The molecule has 0 aliphatic heterocycles. The van der Waals surface area contributed by atoms with E-state index in [4.69, 9.17) is 19.6 Å². The molecule has 0 saturated heterocycles. The van der Waals surface area contributed by atoms with E-state index in [1.165, 1.54) is 0 Å². The molecule has 2 heterocycles. The van der Waals surface area contributed by atoms with Crippen molar-refractivity contribution in [2.24, 2.45) is 5.41 Å². The maximum absolute atomic E-state index is 6.29. The van der Waals surface area contributed by atoms with Crippen molar-refractivity contribution in [3.63, 3.8) is 0 Å². The van der Waals surface area contributed by atoms with Gasteiger partial charge in [0.2, 0.25) is 17.4 Å². The number of rotatable bonds is 13. The van der Waals surface area contributed by atoms with Gasteiger partial charge in [0.1, 0.15) is 5.82 Å². The zero-order valence-corrected chi connectivity index (χ0v) is 24.1. The average molecular weight is 532 g/mol. The topological polar surface area (TPSA) is 104 Å². The van der Waals surface area contributed by atoms with E-state index in [1.807, 2.05) is 22.9 Å². The van der Waals surface area contributed by atoms with Gasteiger partial charge in [0.15, 0.2) is 0 Å². The summed E-state index contributed by atoms with van der Waals surface area (Å²) in [5, 5.41) is 19.6. The van der Waals surface area contributed by atoms with E-state index >= 15 is 0 Å². The Morgan fingerprint density at radius 1 is 0.872 bits per heavy atom. The van der Waals surface area contributed by atoms with Gasteiger partial charge in [-0.15, -0.1) is 10.2 Å². The Kier molecular flexibility index (Phi) is 9.24. The standard InChI is InChI=1S/C30H41N7O2/c1-7-18-38-30(9-3,39-19-8-2)28-31-26(37(34-28)21-29(4,5)6)20-22-14-16-23(17-15-22)24-12-10-11-13-25(24)27-32-35-36-33-27/h10-17H,7-9,18-21H2,1-6H3,(H,32,33,35,36). The molecule has 9 heteroatoms. The Bertz CT molecular complexity index is 1300. The molecule has 208 valence electrons. The minimum atomic E-state index is -0.938. The van der Waals surface area contributed by atoms with E-state index in [0.717, 1.165) is 47.5 Å². The first kappa shape index (κ1) is 28.6. The predicted octanol–water partition coefficient (Wildman–Crippen LogP) is 6.18. The summed E-state index contributed by atoms with van der Waals surface area (Å²) in [7, 11) is 0. The van der Waals surface area contributed by atoms with Crippen LogP contribution in [0, 0.1) is 5.41 Å². The summed E-state index contributed by atoms with van der Waals surface area (Å²) in [6, 6.07) is 16.6. The highest BCUT2D eigenvalue weighted by molar-refractivity contribution is 5.80. The van der Waals surface area contributed by atoms with Crippen LogP contribution in [0.3, 0.4) is 0 Å². The Morgan fingerprint density at radius 3 is 2.10 bits per heavy atom. The van der Waals surface area contributed by atoms with Gasteiger partial charge in [-0.25, -0.2) is 9.67 Å². The first-order valence-corrected chi connectivity index (χ1v) is 13.9. The number of ether oxygens (including phenoxy) is 2. The third kappa shape index (κ3) is 6.96. The van der Waals surface area contributed by atoms with Crippen LogP contribution < -0.4 is 0 Å². The molecule has 0 radical (unpaired) electrons. The Hall–Kier alpha value is -3.43. The number of aromatic nitrogens is 7. The van der Waals surface area contributed by atoms with Crippen LogP contribution in [0.2, 0.25) is 0 Å². The number of benzene rings is 2. The molecular weight excluding hydrogens is 490 g/mol. The molecule has 4 rings (SSSR count). The molecule has 0 saturated carbocycles. The Morgan fingerprint density at radius 2 is 1.54 bits per heavy atom. The van der Waals surface area contributed by atoms with Crippen LogP contribution in [0.5, 0.6) is 0 Å². The normalized spacial score (nSPS) is 12.3. The van der Waals surface area contributed by atoms with Crippen LogP contribution >= 0.6 is 0 Å². The molecular formula is C30H41N7O2. The van der Waals surface area contributed by atoms with E-state index in [2.05, 4.69) is 92.5 Å². The summed E-state index contributed by atoms with van der Waals surface area (Å²) in [6.07, 6.45) is 3.08. The van der Waals surface area contributed by atoms with E-state index < -0.39 is 5.79 Å². The van der Waals surface area contributed by atoms with Crippen molar-refractivity contribution in [2.75, 3.05) is 13.2 Å². The minimum Gasteiger partial charge on any atom is -0.343 e. The number of aromatic amines is 1. The molecule has 0 amide bonds. The second-order valence-electron chi connectivity index (χ2n) is 11.0. The fraction of sp³-hybridized carbons (Fsp3) is 0.500. The zero-order chi connectivity index (χ0) is 27.9. The van der Waals surface area contributed by atoms with Crippen molar-refractivity contribution in [1.82, 2.24) is 35.4 Å². The molecule has 2 aromatic carbocycles. The van der Waals surface area contributed by atoms with Crippen molar-refractivity contribution >= 4 is 0 Å². The monoisotopic (exact) mass is 531 g/mol. The van der Waals surface area contributed by atoms with Gasteiger partial charge >= 0.3 is 0 Å². The SMILES string of the molecule is CCCOC(CC)(OCCC)c1nc(Cc2ccc(-c3ccccc3-c3nn[nH]n3)cc2)n(CC(C)(C)C)n1. The average Bonchev–Trinajstić information content (AvgIpc) is 3.60. The van der Waals surface area contributed by atoms with Crippen LogP contribution in [0.4, 0.5) is 0 Å². The summed E-state index contributed by atoms with van der Waals surface area (Å²) in [5.41, 5.74) is 4.25. The lowest BCUT2D eigenvalue weighted by atomic mass is 9.96. The zero-order valence-electron chi connectivity index (χ0n) is 24.1. The van der Waals surface area contributed by atoms with Gasteiger partial charge in [-0.05, 0) is 40.2 Å². The maximum atomic E-state index is 6.29. The van der Waals surface area contributed by atoms with Gasteiger partial charge in [-0.2, -0.15) is 10.3 Å². The smallest absolute Gasteiger partial charge is 0.231 e. The Labute approximate surface area is 231 Å². The molecule has 0 spiro atoms. The Balaban J connectivity index is 1.65. The maximum Gasteiger partial charge on any atom is 0.231 e. The van der Waals surface area contributed by atoms with E-state index in [1.54, 1.807) is 0 Å². The summed E-state index contributed by atoms with van der Waals surface area (Å²) >= 11 is 0. The van der Waals surface area contributed by atoms with Gasteiger partial charge < -0.3 is 9.47 Å². The van der Waals surface area contributed by atoms with E-state index in [0.29, 0.717) is 37.7 Å². The second kappa shape index (κ2) is 12.6. The van der Waals surface area contributed by atoms with E-state index in [-0.39, 0.29) is 5.41 Å². The number of nitrogens with zero attached hydrogens (tertiary/aromatic N) is 6. The highest BCUT2D eigenvalue weighted by atomic mass is 16.7. The van der Waals surface area contributed by atoms with Gasteiger partial charge in [0.25, 0.3) is 0 Å². The first-order chi connectivity index (χ1) is 18.8. The van der Waals surface area contributed by atoms with Gasteiger partial charge in [0.05, 0.1) is 13.2 Å². The largest absolute Gasteiger partial charge is 0.343 e. The lowest BCUT2D eigenvalue weighted by molar-refractivity contribution is -0.253. The van der Waals surface area contributed by atoms with Crippen molar-refractivity contribution < 1.29 is 9.47 Å². The molecule has 0 aliphatic rings. The lowest BCUT2D eigenvalue weighted by Gasteiger charge is -2.30. The molecule has 0 bridgehead atoms. The summed E-state index contributed by atoms with van der Waals surface area (Å²) < 4.78 is 14.6. The highest BCUT2D eigenvalue weighted by Crippen LogP contribution is 2.32. The molecule has 0 fully saturated rings. The van der Waals surface area contributed by atoms with Crippen molar-refractivity contribution in [3.05, 3.63) is 65.7 Å². The number of H-pyrrole nitrogens is 1. The molecule has 4 aromatic rings. The molecule has 39 heavy (non-hydrogen) atoms. The minimum absolute atomic E-state index is 0.0336. The van der Waals surface area contributed by atoms with Crippen LogP contribution in [0.1, 0.15) is 78.0 Å². The van der Waals surface area contributed by atoms with Gasteiger partial charge in [0, 0.05) is 24.9 Å². The van der Waals surface area contributed by atoms with Crippen LogP contribution in [0.25, 0.3) is 22.5 Å². The van der Waals surface area contributed by atoms with Gasteiger partial charge in [-0.3, -0.25) is 0 Å². The predicted molar refractivity (Wildman–Crippen MR) is 152 cm³/mol. The van der Waals surface area contributed by atoms with Crippen LogP contribution in [-0.2, 0) is 28.2 Å². The highest BCUT2D eigenvalue weighted by Gasteiger charge is 2.38. The van der Waals surface area contributed by atoms with Crippen molar-refractivity contribution in [2.45, 2.75) is 79.6 Å². The van der Waals surface area contributed by atoms with Crippen LogP contribution in [0.15, 0.2) is 48.5 Å². The van der Waals surface area contributed by atoms with E-state index in [9.17, 15) is 0 Å². The van der Waals surface area contributed by atoms with Crippen molar-refractivity contribution in [1.29, 1.82) is 0 Å².